The van der Waals surface area contributed by atoms with Crippen LogP contribution in [-0.4, -0.2) is 25.5 Å². The molecule has 1 amide bonds. The molecular weight excluding hydrogens is 431 g/mol. The lowest BCUT2D eigenvalue weighted by Gasteiger charge is -2.10. The summed E-state index contributed by atoms with van der Waals surface area (Å²) < 4.78 is 5.25. The van der Waals surface area contributed by atoms with Gasteiger partial charge in [0.25, 0.3) is 5.91 Å². The smallest absolute Gasteiger partial charge is 0.251 e. The van der Waals surface area contributed by atoms with Crippen LogP contribution in [0.1, 0.15) is 22.8 Å². The van der Waals surface area contributed by atoms with E-state index in [-0.39, 0.29) is 29.9 Å². The van der Waals surface area contributed by atoms with E-state index in [9.17, 15) is 4.79 Å². The van der Waals surface area contributed by atoms with E-state index in [0.29, 0.717) is 30.4 Å². The summed E-state index contributed by atoms with van der Waals surface area (Å²) in [4.78, 5) is 16.0. The van der Waals surface area contributed by atoms with Crippen molar-refractivity contribution in [3.63, 3.8) is 0 Å². The maximum Gasteiger partial charge on any atom is 0.251 e. The van der Waals surface area contributed by atoms with Gasteiger partial charge in [-0.05, 0) is 36.8 Å². The number of aliphatic imine (C=N–C) groups is 1. The highest BCUT2D eigenvalue weighted by Crippen LogP contribution is 2.22. The molecule has 0 aliphatic heterocycles. The van der Waals surface area contributed by atoms with E-state index in [2.05, 4.69) is 15.6 Å². The lowest BCUT2D eigenvalue weighted by molar-refractivity contribution is 0.0956. The molecule has 0 spiro atoms. The third-order valence-electron chi connectivity index (χ3n) is 3.36. The van der Waals surface area contributed by atoms with Gasteiger partial charge in [0.15, 0.2) is 5.96 Å². The molecule has 0 saturated heterocycles. The fourth-order valence-electron chi connectivity index (χ4n) is 2.13. The van der Waals surface area contributed by atoms with Crippen molar-refractivity contribution in [1.82, 2.24) is 5.32 Å². The van der Waals surface area contributed by atoms with Gasteiger partial charge in [-0.3, -0.25) is 4.79 Å². The standard InChI is InChI=1S/C18H22N4O2.HI/c1-3-20-17(23)14-10-8-13(9-11-14)12-21-18(19)22-15-6-4-5-7-16(15)24-2;/h4-11H,3,12H2,1-2H3,(H,20,23)(H3,19,21,22);1H. The monoisotopic (exact) mass is 454 g/mol. The zero-order valence-electron chi connectivity index (χ0n) is 14.3. The molecule has 0 aromatic heterocycles. The molecular formula is C18H23IN4O2. The summed E-state index contributed by atoms with van der Waals surface area (Å²) in [5.74, 6) is 0.916. The fourth-order valence-corrected chi connectivity index (χ4v) is 2.13. The summed E-state index contributed by atoms with van der Waals surface area (Å²) in [5.41, 5.74) is 8.27. The van der Waals surface area contributed by atoms with Gasteiger partial charge < -0.3 is 21.1 Å². The van der Waals surface area contributed by atoms with Crippen molar-refractivity contribution >= 4 is 41.5 Å². The van der Waals surface area contributed by atoms with E-state index >= 15 is 0 Å². The molecule has 7 heteroatoms. The Bertz CT molecular complexity index is 717. The van der Waals surface area contributed by atoms with Crippen LogP contribution in [0.25, 0.3) is 0 Å². The Hall–Kier alpha value is -2.29. The molecule has 25 heavy (non-hydrogen) atoms. The molecule has 2 aromatic carbocycles. The van der Waals surface area contributed by atoms with Crippen molar-refractivity contribution in [2.24, 2.45) is 10.7 Å². The first-order valence-electron chi connectivity index (χ1n) is 7.71. The van der Waals surface area contributed by atoms with E-state index in [0.717, 1.165) is 11.3 Å². The van der Waals surface area contributed by atoms with E-state index < -0.39 is 0 Å². The number of halogens is 1. The maximum absolute atomic E-state index is 11.7. The Morgan fingerprint density at radius 3 is 2.48 bits per heavy atom. The molecule has 0 heterocycles. The molecule has 0 unspecified atom stereocenters. The minimum atomic E-state index is -0.0788. The first kappa shape index (κ1) is 20.8. The van der Waals surface area contributed by atoms with E-state index in [1.807, 2.05) is 43.3 Å². The van der Waals surface area contributed by atoms with E-state index in [1.54, 1.807) is 19.2 Å². The normalized spacial score (nSPS) is 10.6. The van der Waals surface area contributed by atoms with Crippen molar-refractivity contribution in [1.29, 1.82) is 0 Å². The minimum Gasteiger partial charge on any atom is -0.495 e. The van der Waals surface area contributed by atoms with Crippen molar-refractivity contribution < 1.29 is 9.53 Å². The number of carbonyl (C=O) groups excluding carboxylic acids is 1. The van der Waals surface area contributed by atoms with Crippen molar-refractivity contribution in [2.45, 2.75) is 13.5 Å². The number of carbonyl (C=O) groups is 1. The zero-order chi connectivity index (χ0) is 17.4. The summed E-state index contributed by atoms with van der Waals surface area (Å²) in [7, 11) is 1.60. The second kappa shape index (κ2) is 10.5. The summed E-state index contributed by atoms with van der Waals surface area (Å²) in [6.07, 6.45) is 0. The third-order valence-corrected chi connectivity index (χ3v) is 3.36. The van der Waals surface area contributed by atoms with E-state index in [4.69, 9.17) is 10.5 Å². The number of amides is 1. The van der Waals surface area contributed by atoms with Gasteiger partial charge in [0, 0.05) is 12.1 Å². The van der Waals surface area contributed by atoms with Crippen LogP contribution in [0.5, 0.6) is 5.75 Å². The lowest BCUT2D eigenvalue weighted by Crippen LogP contribution is -2.23. The lowest BCUT2D eigenvalue weighted by atomic mass is 10.1. The second-order valence-electron chi connectivity index (χ2n) is 5.08. The predicted octanol–water partition coefficient (Wildman–Crippen LogP) is 2.99. The number of nitrogens with zero attached hydrogens (tertiary/aromatic N) is 1. The molecule has 2 aromatic rings. The highest BCUT2D eigenvalue weighted by molar-refractivity contribution is 14.0. The Balaban J connectivity index is 0.00000312. The van der Waals surface area contributed by atoms with E-state index in [1.165, 1.54) is 0 Å². The van der Waals surface area contributed by atoms with Crippen LogP contribution in [-0.2, 0) is 6.54 Å². The maximum atomic E-state index is 11.7. The number of para-hydroxylation sites is 2. The minimum absolute atomic E-state index is 0. The van der Waals surface area contributed by atoms with Crippen molar-refractivity contribution in [3.05, 3.63) is 59.7 Å². The van der Waals surface area contributed by atoms with Crippen LogP contribution in [0.3, 0.4) is 0 Å². The van der Waals surface area contributed by atoms with Gasteiger partial charge in [0.1, 0.15) is 5.75 Å². The first-order valence-corrected chi connectivity index (χ1v) is 7.71. The average molecular weight is 454 g/mol. The van der Waals surface area contributed by atoms with Gasteiger partial charge in [-0.15, -0.1) is 24.0 Å². The van der Waals surface area contributed by atoms with Crippen LogP contribution in [0, 0.1) is 0 Å². The first-order chi connectivity index (χ1) is 11.6. The van der Waals surface area contributed by atoms with Crippen LogP contribution in [0.2, 0.25) is 0 Å². The number of anilines is 1. The summed E-state index contributed by atoms with van der Waals surface area (Å²) in [6, 6.07) is 14.8. The Morgan fingerprint density at radius 2 is 1.84 bits per heavy atom. The molecule has 0 aliphatic rings. The molecule has 0 radical (unpaired) electrons. The summed E-state index contributed by atoms with van der Waals surface area (Å²) in [5, 5.41) is 5.78. The number of guanidine groups is 1. The van der Waals surface area contributed by atoms with Crippen LogP contribution >= 0.6 is 24.0 Å². The largest absolute Gasteiger partial charge is 0.495 e. The molecule has 6 nitrogen and oxygen atoms in total. The summed E-state index contributed by atoms with van der Waals surface area (Å²) in [6.45, 7) is 2.91. The van der Waals surface area contributed by atoms with Gasteiger partial charge in [-0.2, -0.15) is 0 Å². The molecule has 2 rings (SSSR count). The Morgan fingerprint density at radius 1 is 1.16 bits per heavy atom. The third kappa shape index (κ3) is 6.26. The number of methoxy groups -OCH3 is 1. The number of hydrogen-bond donors (Lipinski definition) is 3. The van der Waals surface area contributed by atoms with Crippen LogP contribution in [0.15, 0.2) is 53.5 Å². The zero-order valence-corrected chi connectivity index (χ0v) is 16.6. The van der Waals surface area contributed by atoms with Crippen LogP contribution < -0.4 is 21.1 Å². The van der Waals surface area contributed by atoms with Gasteiger partial charge >= 0.3 is 0 Å². The molecule has 0 atom stereocenters. The average Bonchev–Trinajstić information content (AvgIpc) is 2.61. The van der Waals surface area contributed by atoms with Gasteiger partial charge in [0.05, 0.1) is 19.3 Å². The number of ether oxygens (including phenoxy) is 1. The van der Waals surface area contributed by atoms with Crippen LogP contribution in [0.4, 0.5) is 5.69 Å². The Kier molecular flexibility index (Phi) is 8.76. The van der Waals surface area contributed by atoms with Gasteiger partial charge in [-0.1, -0.05) is 24.3 Å². The topological polar surface area (TPSA) is 88.7 Å². The van der Waals surface area contributed by atoms with Crippen molar-refractivity contribution in [2.75, 3.05) is 19.0 Å². The van der Waals surface area contributed by atoms with Gasteiger partial charge in [-0.25, -0.2) is 4.99 Å². The molecule has 134 valence electrons. The van der Waals surface area contributed by atoms with Crippen molar-refractivity contribution in [3.8, 4) is 5.75 Å². The number of benzene rings is 2. The number of rotatable bonds is 6. The number of hydrogen-bond acceptors (Lipinski definition) is 3. The Labute approximate surface area is 164 Å². The predicted molar refractivity (Wildman–Crippen MR) is 112 cm³/mol. The second-order valence-corrected chi connectivity index (χ2v) is 5.08. The molecule has 0 saturated carbocycles. The number of nitrogens with two attached hydrogens (primary N) is 1. The molecule has 0 fully saturated rings. The highest BCUT2D eigenvalue weighted by atomic mass is 127. The molecule has 0 aliphatic carbocycles. The molecule has 4 N–H and O–H groups in total. The fraction of sp³-hybridized carbons (Fsp3) is 0.222. The molecule has 0 bridgehead atoms. The van der Waals surface area contributed by atoms with Gasteiger partial charge in [0.2, 0.25) is 0 Å². The highest BCUT2D eigenvalue weighted by Gasteiger charge is 2.04. The quantitative estimate of drug-likeness (QED) is 0.356. The SMILES string of the molecule is CCNC(=O)c1ccc(CN=C(N)Nc2ccccc2OC)cc1.I. The number of nitrogens with one attached hydrogen (secondary N) is 2. The summed E-state index contributed by atoms with van der Waals surface area (Å²) >= 11 is 0.